The molecule has 25 heavy (non-hydrogen) atoms. The van der Waals surface area contributed by atoms with Gasteiger partial charge in [0.05, 0.1) is 0 Å². The van der Waals surface area contributed by atoms with Crippen molar-refractivity contribution in [3.05, 3.63) is 0 Å². The average Bonchev–Trinajstić information content (AvgIpc) is 3.08. The lowest BCUT2D eigenvalue weighted by Crippen LogP contribution is -2.46. The highest BCUT2D eigenvalue weighted by Crippen LogP contribution is 2.24. The number of hydrogen-bond acceptors (Lipinski definition) is 3. The Hall–Kier alpha value is -0.0300. The van der Waals surface area contributed by atoms with E-state index in [0.717, 1.165) is 51.0 Å². The van der Waals surface area contributed by atoms with Crippen LogP contribution in [-0.4, -0.2) is 61.0 Å². The maximum atomic E-state index is 12.5. The number of piperidine rings is 2. The second kappa shape index (κ2) is 11.6. The highest BCUT2D eigenvalue weighted by molar-refractivity contribution is 5.85. The zero-order chi connectivity index (χ0) is 16.1. The molecule has 0 aromatic carbocycles. The molecule has 3 atom stereocenters. The Balaban J connectivity index is 0.00000156. The quantitative estimate of drug-likeness (QED) is 0.777. The standard InChI is InChI=1S/C19H35N3O.2ClH/c1-16-5-2-3-11-21(16)14-18-6-4-12-22(15-18)19(23)8-7-17-9-10-20-13-17;;/h16-18,20H,2-15H2,1H3;2*1H. The summed E-state index contributed by atoms with van der Waals surface area (Å²) in [5.41, 5.74) is 0. The Morgan fingerprint density at radius 3 is 2.60 bits per heavy atom. The number of halogens is 2. The first-order valence-corrected chi connectivity index (χ1v) is 9.95. The van der Waals surface area contributed by atoms with Crippen LogP contribution < -0.4 is 5.32 Å². The van der Waals surface area contributed by atoms with Gasteiger partial charge >= 0.3 is 0 Å². The Kier molecular flexibility index (Phi) is 10.7. The second-order valence-electron chi connectivity index (χ2n) is 8.09. The average molecular weight is 394 g/mol. The van der Waals surface area contributed by atoms with Gasteiger partial charge in [0.25, 0.3) is 0 Å². The van der Waals surface area contributed by atoms with Crippen molar-refractivity contribution in [3.63, 3.8) is 0 Å². The van der Waals surface area contributed by atoms with Crippen LogP contribution in [0.4, 0.5) is 0 Å². The Morgan fingerprint density at radius 1 is 1.04 bits per heavy atom. The van der Waals surface area contributed by atoms with Gasteiger partial charge in [-0.1, -0.05) is 6.42 Å². The van der Waals surface area contributed by atoms with E-state index in [-0.39, 0.29) is 24.8 Å². The molecule has 4 nitrogen and oxygen atoms in total. The lowest BCUT2D eigenvalue weighted by atomic mass is 9.94. The molecule has 0 aromatic heterocycles. The molecule has 0 spiro atoms. The van der Waals surface area contributed by atoms with Crippen LogP contribution in [0.5, 0.6) is 0 Å². The minimum absolute atomic E-state index is 0. The van der Waals surface area contributed by atoms with E-state index in [1.165, 1.54) is 51.6 Å². The summed E-state index contributed by atoms with van der Waals surface area (Å²) < 4.78 is 0. The van der Waals surface area contributed by atoms with Crippen LogP contribution in [0.25, 0.3) is 0 Å². The Morgan fingerprint density at radius 2 is 1.88 bits per heavy atom. The van der Waals surface area contributed by atoms with E-state index in [1.54, 1.807) is 0 Å². The molecule has 3 rings (SSSR count). The smallest absolute Gasteiger partial charge is 0.222 e. The molecule has 6 heteroatoms. The van der Waals surface area contributed by atoms with Crippen LogP contribution in [0.1, 0.15) is 58.3 Å². The van der Waals surface area contributed by atoms with E-state index in [4.69, 9.17) is 0 Å². The lowest BCUT2D eigenvalue weighted by molar-refractivity contribution is -0.133. The number of nitrogens with zero attached hydrogens (tertiary/aromatic N) is 2. The van der Waals surface area contributed by atoms with E-state index in [1.807, 2.05) is 0 Å². The summed E-state index contributed by atoms with van der Waals surface area (Å²) in [6.07, 6.45) is 9.70. The molecule has 0 aliphatic carbocycles. The molecule has 0 radical (unpaired) electrons. The molecule has 3 fully saturated rings. The van der Waals surface area contributed by atoms with E-state index in [0.29, 0.717) is 11.8 Å². The molecule has 3 heterocycles. The van der Waals surface area contributed by atoms with E-state index in [9.17, 15) is 4.79 Å². The van der Waals surface area contributed by atoms with Gasteiger partial charge in [-0.25, -0.2) is 0 Å². The number of carbonyl (C=O) groups is 1. The molecule has 148 valence electrons. The van der Waals surface area contributed by atoms with Crippen LogP contribution in [0, 0.1) is 11.8 Å². The molecule has 3 aliphatic rings. The fourth-order valence-electron chi connectivity index (χ4n) is 4.65. The second-order valence-corrected chi connectivity index (χ2v) is 8.09. The van der Waals surface area contributed by atoms with Crippen molar-refractivity contribution in [2.75, 3.05) is 39.3 Å². The molecule has 3 saturated heterocycles. The molecular weight excluding hydrogens is 357 g/mol. The van der Waals surface area contributed by atoms with Gasteiger partial charge in [0.2, 0.25) is 5.91 Å². The van der Waals surface area contributed by atoms with E-state index < -0.39 is 0 Å². The van der Waals surface area contributed by atoms with Gasteiger partial charge in [-0.2, -0.15) is 0 Å². The fourth-order valence-corrected chi connectivity index (χ4v) is 4.65. The number of hydrogen-bond donors (Lipinski definition) is 1. The fraction of sp³-hybridized carbons (Fsp3) is 0.947. The summed E-state index contributed by atoms with van der Waals surface area (Å²) in [4.78, 5) is 17.4. The summed E-state index contributed by atoms with van der Waals surface area (Å²) in [6, 6.07) is 0.740. The molecular formula is C19H37Cl2N3O. The van der Waals surface area contributed by atoms with Crippen molar-refractivity contribution in [2.45, 2.75) is 64.3 Å². The minimum Gasteiger partial charge on any atom is -0.342 e. The van der Waals surface area contributed by atoms with Crippen molar-refractivity contribution in [2.24, 2.45) is 11.8 Å². The van der Waals surface area contributed by atoms with Crippen molar-refractivity contribution in [1.29, 1.82) is 0 Å². The van der Waals surface area contributed by atoms with Gasteiger partial charge in [-0.05, 0) is 76.9 Å². The van der Waals surface area contributed by atoms with Gasteiger partial charge in [0.15, 0.2) is 0 Å². The first kappa shape index (κ1) is 23.0. The van der Waals surface area contributed by atoms with Gasteiger partial charge in [-0.15, -0.1) is 24.8 Å². The zero-order valence-electron chi connectivity index (χ0n) is 15.8. The monoisotopic (exact) mass is 393 g/mol. The topological polar surface area (TPSA) is 35.6 Å². The first-order valence-electron chi connectivity index (χ1n) is 9.95. The van der Waals surface area contributed by atoms with Crippen molar-refractivity contribution in [1.82, 2.24) is 15.1 Å². The van der Waals surface area contributed by atoms with E-state index in [2.05, 4.69) is 22.0 Å². The number of rotatable bonds is 5. The van der Waals surface area contributed by atoms with Crippen LogP contribution in [0.2, 0.25) is 0 Å². The molecule has 1 amide bonds. The number of amides is 1. The highest BCUT2D eigenvalue weighted by Gasteiger charge is 2.28. The number of nitrogens with one attached hydrogen (secondary N) is 1. The molecule has 0 aromatic rings. The third-order valence-electron chi connectivity index (χ3n) is 6.23. The van der Waals surface area contributed by atoms with Crippen molar-refractivity contribution < 1.29 is 4.79 Å². The summed E-state index contributed by atoms with van der Waals surface area (Å²) in [5.74, 6) is 1.84. The minimum atomic E-state index is 0. The summed E-state index contributed by atoms with van der Waals surface area (Å²) >= 11 is 0. The molecule has 0 bridgehead atoms. The normalized spacial score (nSPS) is 30.4. The van der Waals surface area contributed by atoms with Crippen molar-refractivity contribution >= 4 is 30.7 Å². The third kappa shape index (κ3) is 6.89. The SMILES string of the molecule is CC1CCCCN1CC1CCCN(C(=O)CCC2CCNC2)C1.Cl.Cl. The van der Waals surface area contributed by atoms with Crippen LogP contribution in [-0.2, 0) is 4.79 Å². The number of carbonyl (C=O) groups excluding carboxylic acids is 1. The molecule has 3 unspecified atom stereocenters. The Labute approximate surface area is 166 Å². The van der Waals surface area contributed by atoms with Crippen LogP contribution in [0.15, 0.2) is 0 Å². The van der Waals surface area contributed by atoms with Gasteiger partial charge < -0.3 is 15.1 Å². The molecule has 0 saturated carbocycles. The molecule has 3 aliphatic heterocycles. The van der Waals surface area contributed by atoms with Gasteiger partial charge in [-0.3, -0.25) is 4.79 Å². The van der Waals surface area contributed by atoms with Gasteiger partial charge in [0, 0.05) is 32.1 Å². The predicted octanol–water partition coefficient (Wildman–Crippen LogP) is 3.33. The summed E-state index contributed by atoms with van der Waals surface area (Å²) in [5, 5.41) is 3.40. The predicted molar refractivity (Wildman–Crippen MR) is 109 cm³/mol. The maximum Gasteiger partial charge on any atom is 0.222 e. The van der Waals surface area contributed by atoms with Crippen molar-refractivity contribution in [3.8, 4) is 0 Å². The lowest BCUT2D eigenvalue weighted by Gasteiger charge is -2.39. The summed E-state index contributed by atoms with van der Waals surface area (Å²) in [6.45, 7) is 9.10. The third-order valence-corrected chi connectivity index (χ3v) is 6.23. The number of likely N-dealkylation sites (tertiary alicyclic amines) is 2. The van der Waals surface area contributed by atoms with Crippen LogP contribution in [0.3, 0.4) is 0 Å². The highest BCUT2D eigenvalue weighted by atomic mass is 35.5. The molecule has 1 N–H and O–H groups in total. The first-order chi connectivity index (χ1) is 11.2. The van der Waals surface area contributed by atoms with Gasteiger partial charge in [0.1, 0.15) is 0 Å². The van der Waals surface area contributed by atoms with E-state index >= 15 is 0 Å². The maximum absolute atomic E-state index is 12.5. The largest absolute Gasteiger partial charge is 0.342 e. The Bertz CT molecular complexity index is 391. The van der Waals surface area contributed by atoms with Crippen LogP contribution >= 0.6 is 24.8 Å². The summed E-state index contributed by atoms with van der Waals surface area (Å²) in [7, 11) is 0. The zero-order valence-corrected chi connectivity index (χ0v) is 17.4.